The highest BCUT2D eigenvalue weighted by Crippen LogP contribution is 2.27. The fourth-order valence-electron chi connectivity index (χ4n) is 3.03. The van der Waals surface area contributed by atoms with Gasteiger partial charge in [-0.15, -0.1) is 0 Å². The van der Waals surface area contributed by atoms with Gasteiger partial charge in [-0.1, -0.05) is 18.2 Å². The number of carboxylic acids is 1. The van der Waals surface area contributed by atoms with Crippen LogP contribution in [0, 0.1) is 10.1 Å². The molecule has 5 heteroatoms. The molecule has 0 saturated carbocycles. The Morgan fingerprint density at radius 1 is 1.04 bits per heavy atom. The van der Waals surface area contributed by atoms with Crippen molar-refractivity contribution in [3.05, 3.63) is 74.8 Å². The number of nitro groups is 1. The number of carbonyl (C=O) groups is 1. The number of hydrogen-bond acceptors (Lipinski definition) is 3. The Hall–Kier alpha value is -2.95. The van der Waals surface area contributed by atoms with Gasteiger partial charge in [0.1, 0.15) is 0 Å². The maximum atomic E-state index is 11.7. The van der Waals surface area contributed by atoms with E-state index >= 15 is 0 Å². The molecular formula is C19H17NO4. The zero-order valence-corrected chi connectivity index (χ0v) is 13.1. The smallest absolute Gasteiger partial charge is 0.336 e. The summed E-state index contributed by atoms with van der Waals surface area (Å²) in [6.07, 6.45) is 5.88. The largest absolute Gasteiger partial charge is 0.478 e. The summed E-state index contributed by atoms with van der Waals surface area (Å²) in [6.45, 7) is 0. The highest BCUT2D eigenvalue weighted by Gasteiger charge is 2.15. The van der Waals surface area contributed by atoms with Gasteiger partial charge in [0, 0.05) is 12.1 Å². The first-order valence-corrected chi connectivity index (χ1v) is 7.86. The van der Waals surface area contributed by atoms with Crippen molar-refractivity contribution in [2.75, 3.05) is 0 Å². The average Bonchev–Trinajstić information content (AvgIpc) is 2.59. The summed E-state index contributed by atoms with van der Waals surface area (Å²) >= 11 is 0. The Morgan fingerprint density at radius 3 is 2.33 bits per heavy atom. The number of nitrogens with zero attached hydrogens (tertiary/aromatic N) is 1. The molecule has 0 amide bonds. The van der Waals surface area contributed by atoms with Crippen LogP contribution in [0.5, 0.6) is 0 Å². The maximum Gasteiger partial charge on any atom is 0.336 e. The molecule has 1 aliphatic rings. The number of aryl methyl sites for hydroxylation is 2. The van der Waals surface area contributed by atoms with Crippen molar-refractivity contribution in [2.24, 2.45) is 0 Å². The summed E-state index contributed by atoms with van der Waals surface area (Å²) in [5.41, 5.74) is 3.98. The standard InChI is InChI=1S/C19H17NO4/c21-19(22)18(11-13-5-9-17(10-6-13)20(23)24)16-8-7-14-3-1-2-4-15(14)12-16/h5-12H,1-4H2,(H,21,22)/b18-11-. The first-order valence-electron chi connectivity index (χ1n) is 7.86. The second-order valence-corrected chi connectivity index (χ2v) is 5.90. The molecule has 0 unspecified atom stereocenters. The molecule has 0 spiro atoms. The molecule has 0 fully saturated rings. The molecule has 5 nitrogen and oxygen atoms in total. The van der Waals surface area contributed by atoms with Gasteiger partial charge in [-0.3, -0.25) is 10.1 Å². The SMILES string of the molecule is O=C(O)/C(=C\c1ccc([N+](=O)[O-])cc1)c1ccc2c(c1)CCCC2. The van der Waals surface area contributed by atoms with E-state index in [0.717, 1.165) is 19.3 Å². The predicted octanol–water partition coefficient (Wildman–Crippen LogP) is 4.10. The fraction of sp³-hybridized carbons (Fsp3) is 0.211. The molecule has 0 bridgehead atoms. The number of nitro benzene ring substituents is 1. The summed E-state index contributed by atoms with van der Waals surface area (Å²) in [5.74, 6) is -1.01. The van der Waals surface area contributed by atoms with Gasteiger partial charge in [0.05, 0.1) is 10.5 Å². The van der Waals surface area contributed by atoms with Crippen LogP contribution in [0.15, 0.2) is 42.5 Å². The first-order chi connectivity index (χ1) is 11.5. The molecule has 0 saturated heterocycles. The van der Waals surface area contributed by atoms with Crippen LogP contribution < -0.4 is 0 Å². The van der Waals surface area contributed by atoms with E-state index in [1.54, 1.807) is 18.2 Å². The molecule has 1 aliphatic carbocycles. The van der Waals surface area contributed by atoms with Gasteiger partial charge in [-0.2, -0.15) is 0 Å². The van der Waals surface area contributed by atoms with E-state index in [1.807, 2.05) is 18.2 Å². The van der Waals surface area contributed by atoms with Gasteiger partial charge in [0.25, 0.3) is 5.69 Å². The van der Waals surface area contributed by atoms with Crippen LogP contribution in [0.3, 0.4) is 0 Å². The van der Waals surface area contributed by atoms with Crippen molar-refractivity contribution in [3.63, 3.8) is 0 Å². The number of hydrogen-bond donors (Lipinski definition) is 1. The quantitative estimate of drug-likeness (QED) is 0.397. The molecule has 0 radical (unpaired) electrons. The highest BCUT2D eigenvalue weighted by molar-refractivity contribution is 6.20. The highest BCUT2D eigenvalue weighted by atomic mass is 16.6. The lowest BCUT2D eigenvalue weighted by molar-refractivity contribution is -0.384. The third-order valence-electron chi connectivity index (χ3n) is 4.30. The molecule has 0 aromatic heterocycles. The lowest BCUT2D eigenvalue weighted by Gasteiger charge is -2.16. The van der Waals surface area contributed by atoms with Crippen LogP contribution in [-0.4, -0.2) is 16.0 Å². The first kappa shape index (κ1) is 15.9. The molecular weight excluding hydrogens is 306 g/mol. The van der Waals surface area contributed by atoms with Crippen LogP contribution in [0.2, 0.25) is 0 Å². The monoisotopic (exact) mass is 323 g/mol. The molecule has 3 rings (SSSR count). The number of benzene rings is 2. The second kappa shape index (κ2) is 6.66. The molecule has 2 aromatic rings. The van der Waals surface area contributed by atoms with Crippen LogP contribution in [-0.2, 0) is 17.6 Å². The normalized spacial score (nSPS) is 14.1. The Morgan fingerprint density at radius 2 is 1.71 bits per heavy atom. The lowest BCUT2D eigenvalue weighted by atomic mass is 9.89. The van der Waals surface area contributed by atoms with Crippen molar-refractivity contribution in [3.8, 4) is 0 Å². The topological polar surface area (TPSA) is 80.4 Å². The van der Waals surface area contributed by atoms with E-state index in [9.17, 15) is 20.0 Å². The molecule has 0 aliphatic heterocycles. The third-order valence-corrected chi connectivity index (χ3v) is 4.30. The Labute approximate surface area is 139 Å². The number of aliphatic carboxylic acids is 1. The molecule has 1 N–H and O–H groups in total. The van der Waals surface area contributed by atoms with Crippen molar-refractivity contribution in [1.82, 2.24) is 0 Å². The molecule has 0 atom stereocenters. The van der Waals surface area contributed by atoms with Crippen LogP contribution in [0.25, 0.3) is 11.6 Å². The maximum absolute atomic E-state index is 11.7. The van der Waals surface area contributed by atoms with E-state index in [2.05, 4.69) is 0 Å². The van der Waals surface area contributed by atoms with Crippen molar-refractivity contribution >= 4 is 23.3 Å². The molecule has 122 valence electrons. The molecule has 2 aromatic carbocycles. The minimum Gasteiger partial charge on any atom is -0.478 e. The van der Waals surface area contributed by atoms with Crippen molar-refractivity contribution in [2.45, 2.75) is 25.7 Å². The zero-order chi connectivity index (χ0) is 17.1. The summed E-state index contributed by atoms with van der Waals surface area (Å²) < 4.78 is 0. The van der Waals surface area contributed by atoms with Crippen molar-refractivity contribution in [1.29, 1.82) is 0 Å². The third kappa shape index (κ3) is 3.35. The van der Waals surface area contributed by atoms with E-state index in [0.29, 0.717) is 11.1 Å². The summed E-state index contributed by atoms with van der Waals surface area (Å²) in [7, 11) is 0. The average molecular weight is 323 g/mol. The van der Waals surface area contributed by atoms with Gasteiger partial charge >= 0.3 is 5.97 Å². The van der Waals surface area contributed by atoms with E-state index in [4.69, 9.17) is 0 Å². The lowest BCUT2D eigenvalue weighted by Crippen LogP contribution is -2.05. The number of fused-ring (bicyclic) bond motifs is 1. The van der Waals surface area contributed by atoms with Gasteiger partial charge in [-0.25, -0.2) is 4.79 Å². The zero-order valence-electron chi connectivity index (χ0n) is 13.1. The minimum absolute atomic E-state index is 0.0159. The summed E-state index contributed by atoms with van der Waals surface area (Å²) in [5, 5.41) is 20.3. The fourth-order valence-corrected chi connectivity index (χ4v) is 3.03. The number of non-ortho nitro benzene ring substituents is 1. The molecule has 24 heavy (non-hydrogen) atoms. The van der Waals surface area contributed by atoms with E-state index in [1.165, 1.54) is 29.7 Å². The van der Waals surface area contributed by atoms with Gasteiger partial charge in [-0.05, 0) is 66.1 Å². The summed E-state index contributed by atoms with van der Waals surface area (Å²) in [6, 6.07) is 11.7. The van der Waals surface area contributed by atoms with Gasteiger partial charge in [0.2, 0.25) is 0 Å². The second-order valence-electron chi connectivity index (χ2n) is 5.90. The minimum atomic E-state index is -1.01. The Balaban J connectivity index is 1.97. The Bertz CT molecular complexity index is 822. The number of carboxylic acid groups (broad SMARTS) is 1. The summed E-state index contributed by atoms with van der Waals surface area (Å²) in [4.78, 5) is 21.9. The van der Waals surface area contributed by atoms with E-state index in [-0.39, 0.29) is 11.3 Å². The van der Waals surface area contributed by atoms with E-state index < -0.39 is 10.9 Å². The van der Waals surface area contributed by atoms with Crippen LogP contribution >= 0.6 is 0 Å². The number of rotatable bonds is 4. The molecule has 0 heterocycles. The van der Waals surface area contributed by atoms with Crippen LogP contribution in [0.1, 0.15) is 35.1 Å². The van der Waals surface area contributed by atoms with Gasteiger partial charge in [0.15, 0.2) is 0 Å². The van der Waals surface area contributed by atoms with Crippen molar-refractivity contribution < 1.29 is 14.8 Å². The van der Waals surface area contributed by atoms with Gasteiger partial charge < -0.3 is 5.11 Å². The van der Waals surface area contributed by atoms with Crippen LogP contribution in [0.4, 0.5) is 5.69 Å². The predicted molar refractivity (Wildman–Crippen MR) is 91.7 cm³/mol. The Kier molecular flexibility index (Phi) is 4.42.